The Labute approximate surface area is 203 Å². The third-order valence-electron chi connectivity index (χ3n) is 4.84. The molecule has 9 heteroatoms. The normalized spacial score (nSPS) is 11.5. The summed E-state index contributed by atoms with van der Waals surface area (Å²) in [4.78, 5) is 19.7. The number of carbonyl (C=O) groups is 1. The number of hydrogen-bond acceptors (Lipinski definition) is 6. The average Bonchev–Trinajstić information content (AvgIpc) is 3.23. The van der Waals surface area contributed by atoms with E-state index < -0.39 is 15.8 Å². The molecule has 4 aromatic rings. The molecule has 1 radical (unpaired) electrons. The molecule has 0 atom stereocenters. The van der Waals surface area contributed by atoms with Crippen molar-refractivity contribution in [2.75, 3.05) is 19.8 Å². The van der Waals surface area contributed by atoms with Crippen LogP contribution in [0.4, 0.5) is 0 Å². The van der Waals surface area contributed by atoms with E-state index in [4.69, 9.17) is 26.2 Å². The molecular weight excluding hydrogens is 505 g/mol. The quantitative estimate of drug-likeness (QED) is 0.183. The molecule has 2 aromatic carbocycles. The number of nitrogens with zero attached hydrogens (tertiary/aromatic N) is 3. The van der Waals surface area contributed by atoms with Crippen molar-refractivity contribution in [1.82, 2.24) is 14.5 Å². The summed E-state index contributed by atoms with van der Waals surface area (Å²) in [5.74, 6) is 1.19. The Kier molecular flexibility index (Phi) is 8.13. The van der Waals surface area contributed by atoms with E-state index in [1.807, 2.05) is 54.7 Å². The van der Waals surface area contributed by atoms with E-state index in [1.165, 1.54) is 0 Å². The number of benzene rings is 2. The van der Waals surface area contributed by atoms with Crippen LogP contribution in [0.25, 0.3) is 11.0 Å². The molecular formula is C24H22AsClN3O4. The molecule has 0 bridgehead atoms. The number of ether oxygens (including phenoxy) is 2. The number of hydrogen-bond donors (Lipinski definition) is 1. The van der Waals surface area contributed by atoms with Gasteiger partial charge in [0.15, 0.2) is 0 Å². The molecule has 4 rings (SSSR count). The van der Waals surface area contributed by atoms with E-state index in [0.29, 0.717) is 42.7 Å². The first-order valence-electron chi connectivity index (χ1n) is 10.4. The zero-order chi connectivity index (χ0) is 23.0. The van der Waals surface area contributed by atoms with Crippen molar-refractivity contribution in [3.8, 4) is 11.5 Å². The van der Waals surface area contributed by atoms with E-state index in [1.54, 1.807) is 6.33 Å². The predicted molar refractivity (Wildman–Crippen MR) is 128 cm³/mol. The van der Waals surface area contributed by atoms with Crippen LogP contribution >= 0.6 is 11.6 Å². The van der Waals surface area contributed by atoms with Crippen LogP contribution in [0.2, 0.25) is 5.02 Å². The third kappa shape index (κ3) is 6.00. The van der Waals surface area contributed by atoms with Gasteiger partial charge in [0.1, 0.15) is 0 Å². The standard InChI is InChI=1S/C24H22AsClN3O4/c26-20-15-18(4-5-22(20)33-19-3-1-2-17(14-19)7-10-30)25-24-23-21(27-16-28-24)6-8-29(23)9-12-32-13-11-31/h1-6,8,10,14-16,31H,7,9,11-13H2. The van der Waals surface area contributed by atoms with E-state index in [9.17, 15) is 4.79 Å². The van der Waals surface area contributed by atoms with Crippen LogP contribution in [-0.4, -0.2) is 61.5 Å². The van der Waals surface area contributed by atoms with Crippen molar-refractivity contribution in [1.29, 1.82) is 0 Å². The molecule has 2 aromatic heterocycles. The average molecular weight is 527 g/mol. The van der Waals surface area contributed by atoms with Crippen molar-refractivity contribution in [2.45, 2.75) is 13.0 Å². The van der Waals surface area contributed by atoms with Crippen LogP contribution in [0.3, 0.4) is 0 Å². The van der Waals surface area contributed by atoms with Crippen LogP contribution in [0.15, 0.2) is 61.1 Å². The van der Waals surface area contributed by atoms with Crippen LogP contribution in [0.1, 0.15) is 5.56 Å². The Balaban J connectivity index is 1.51. The zero-order valence-electron chi connectivity index (χ0n) is 17.7. The topological polar surface area (TPSA) is 86.5 Å². The van der Waals surface area contributed by atoms with Gasteiger partial charge in [0.05, 0.1) is 0 Å². The fraction of sp³-hybridized carbons (Fsp3) is 0.208. The summed E-state index contributed by atoms with van der Waals surface area (Å²) in [6, 6.07) is 15.1. The van der Waals surface area contributed by atoms with Gasteiger partial charge in [-0.15, -0.1) is 0 Å². The Morgan fingerprint density at radius 1 is 1.12 bits per heavy atom. The van der Waals surface area contributed by atoms with Gasteiger partial charge in [0, 0.05) is 0 Å². The molecule has 1 N–H and O–H groups in total. The molecule has 0 saturated carbocycles. The summed E-state index contributed by atoms with van der Waals surface area (Å²) >= 11 is 6.09. The minimum atomic E-state index is -0.442. The molecule has 0 unspecified atom stereocenters. The summed E-state index contributed by atoms with van der Waals surface area (Å²) in [5.41, 5.74) is 2.77. The van der Waals surface area contributed by atoms with E-state index >= 15 is 0 Å². The predicted octanol–water partition coefficient (Wildman–Crippen LogP) is 2.28. The summed E-state index contributed by atoms with van der Waals surface area (Å²) in [5, 5.41) is 9.40. The Morgan fingerprint density at radius 3 is 2.85 bits per heavy atom. The van der Waals surface area contributed by atoms with Crippen molar-refractivity contribution in [3.63, 3.8) is 0 Å². The van der Waals surface area contributed by atoms with Gasteiger partial charge in [-0.1, -0.05) is 0 Å². The van der Waals surface area contributed by atoms with Crippen LogP contribution in [0, 0.1) is 0 Å². The Hall–Kier alpha value is -2.70. The van der Waals surface area contributed by atoms with Gasteiger partial charge in [0.25, 0.3) is 0 Å². The van der Waals surface area contributed by atoms with Crippen molar-refractivity contribution < 1.29 is 19.4 Å². The van der Waals surface area contributed by atoms with E-state index in [2.05, 4.69) is 14.5 Å². The first-order chi connectivity index (χ1) is 16.2. The van der Waals surface area contributed by atoms with Gasteiger partial charge >= 0.3 is 203 Å². The second-order valence-corrected chi connectivity index (χ2v) is 9.97. The number of carbonyl (C=O) groups excluding carboxylic acids is 1. The van der Waals surface area contributed by atoms with Gasteiger partial charge in [-0.2, -0.15) is 0 Å². The van der Waals surface area contributed by atoms with Crippen LogP contribution in [-0.2, 0) is 22.5 Å². The summed E-state index contributed by atoms with van der Waals surface area (Å²) in [6.07, 6.45) is 4.78. The van der Waals surface area contributed by atoms with Crippen molar-refractivity contribution >= 4 is 53.5 Å². The van der Waals surface area contributed by atoms with Gasteiger partial charge in [-0.3, -0.25) is 0 Å². The second kappa shape index (κ2) is 11.4. The van der Waals surface area contributed by atoms with Crippen LogP contribution < -0.4 is 13.6 Å². The zero-order valence-corrected chi connectivity index (χ0v) is 20.4. The number of rotatable bonds is 11. The molecule has 0 saturated heterocycles. The number of aromatic nitrogens is 3. The Bertz CT molecular complexity index is 1250. The van der Waals surface area contributed by atoms with Gasteiger partial charge in [0.2, 0.25) is 0 Å². The molecule has 33 heavy (non-hydrogen) atoms. The molecule has 2 heterocycles. The maximum atomic E-state index is 10.8. The first-order valence-corrected chi connectivity index (χ1v) is 12.6. The fourth-order valence-electron chi connectivity index (χ4n) is 3.34. The molecule has 0 fully saturated rings. The summed E-state index contributed by atoms with van der Waals surface area (Å²) < 4.78 is 15.5. The summed E-state index contributed by atoms with van der Waals surface area (Å²) in [7, 11) is 0. The van der Waals surface area contributed by atoms with E-state index in [0.717, 1.165) is 31.7 Å². The Morgan fingerprint density at radius 2 is 2.03 bits per heavy atom. The number of aliphatic hydroxyl groups is 1. The first kappa shape index (κ1) is 23.5. The van der Waals surface area contributed by atoms with Crippen molar-refractivity contribution in [2.24, 2.45) is 0 Å². The third-order valence-corrected chi connectivity index (χ3v) is 7.39. The monoisotopic (exact) mass is 526 g/mol. The van der Waals surface area contributed by atoms with Gasteiger partial charge in [-0.05, 0) is 0 Å². The minimum absolute atomic E-state index is 0.0100. The SMILES string of the molecule is O=CCc1cccc(Oc2ccc([As]c3ncnc4ccn(CCOCCO)c34)cc2Cl)c1. The number of aldehydes is 1. The molecule has 0 spiro atoms. The summed E-state index contributed by atoms with van der Waals surface area (Å²) in [6.45, 7) is 1.49. The molecule has 0 amide bonds. The fourth-order valence-corrected chi connectivity index (χ4v) is 5.92. The van der Waals surface area contributed by atoms with Crippen LogP contribution in [0.5, 0.6) is 11.5 Å². The molecule has 7 nitrogen and oxygen atoms in total. The number of aliphatic hydroxyl groups excluding tert-OH is 1. The van der Waals surface area contributed by atoms with Gasteiger partial charge < -0.3 is 0 Å². The number of halogens is 1. The molecule has 169 valence electrons. The van der Waals surface area contributed by atoms with E-state index in [-0.39, 0.29) is 6.61 Å². The van der Waals surface area contributed by atoms with Gasteiger partial charge in [-0.25, -0.2) is 0 Å². The second-order valence-electron chi connectivity index (χ2n) is 7.12. The molecule has 0 aliphatic carbocycles. The number of fused-ring (bicyclic) bond motifs is 1. The van der Waals surface area contributed by atoms with Crippen molar-refractivity contribution in [3.05, 3.63) is 71.6 Å². The maximum absolute atomic E-state index is 10.8. The molecule has 0 aliphatic heterocycles. The molecule has 0 aliphatic rings.